The van der Waals surface area contributed by atoms with Crippen LogP contribution in [0.3, 0.4) is 0 Å². The topological polar surface area (TPSA) is 63.1 Å². The van der Waals surface area contributed by atoms with Crippen molar-refractivity contribution in [2.75, 3.05) is 25.0 Å². The highest BCUT2D eigenvalue weighted by atomic mass is 16.2. The number of hydrogen-bond acceptors (Lipinski definition) is 4. The van der Waals surface area contributed by atoms with E-state index in [4.69, 9.17) is 0 Å². The van der Waals surface area contributed by atoms with Crippen molar-refractivity contribution in [3.05, 3.63) is 41.7 Å². The van der Waals surface area contributed by atoms with Gasteiger partial charge in [-0.1, -0.05) is 31.2 Å². The SMILES string of the molecule is CC(C)c1cccc(N(C)C(=O)c2cn(C3CCNCC3)nn2)c1. The Morgan fingerprint density at radius 1 is 1.33 bits per heavy atom. The lowest BCUT2D eigenvalue weighted by molar-refractivity contribution is 0.0988. The molecule has 0 bridgehead atoms. The molecule has 6 heteroatoms. The molecule has 0 radical (unpaired) electrons. The van der Waals surface area contributed by atoms with Gasteiger partial charge in [0.05, 0.1) is 12.2 Å². The van der Waals surface area contributed by atoms with Crippen molar-refractivity contribution in [1.82, 2.24) is 20.3 Å². The number of aromatic nitrogens is 3. The second-order valence-electron chi connectivity index (χ2n) is 6.68. The first kappa shape index (κ1) is 16.6. The van der Waals surface area contributed by atoms with Crippen molar-refractivity contribution < 1.29 is 4.79 Å². The maximum Gasteiger partial charge on any atom is 0.280 e. The molecule has 1 aromatic heterocycles. The van der Waals surface area contributed by atoms with Crippen LogP contribution in [-0.2, 0) is 0 Å². The van der Waals surface area contributed by atoms with Gasteiger partial charge in [0.15, 0.2) is 5.69 Å². The Labute approximate surface area is 142 Å². The highest BCUT2D eigenvalue weighted by molar-refractivity contribution is 6.04. The van der Waals surface area contributed by atoms with Crippen LogP contribution in [0.15, 0.2) is 30.5 Å². The van der Waals surface area contributed by atoms with Crippen LogP contribution in [0.5, 0.6) is 0 Å². The van der Waals surface area contributed by atoms with Crippen LogP contribution >= 0.6 is 0 Å². The monoisotopic (exact) mass is 327 g/mol. The number of carbonyl (C=O) groups excluding carboxylic acids is 1. The van der Waals surface area contributed by atoms with E-state index in [9.17, 15) is 4.79 Å². The molecule has 1 N–H and O–H groups in total. The van der Waals surface area contributed by atoms with E-state index in [-0.39, 0.29) is 5.91 Å². The third kappa shape index (κ3) is 3.48. The first-order valence-corrected chi connectivity index (χ1v) is 8.57. The standard InChI is InChI=1S/C18H25N5O/c1-13(2)14-5-4-6-16(11-14)22(3)18(24)17-12-23(21-20-17)15-7-9-19-10-8-15/h4-6,11-13,15,19H,7-10H2,1-3H3. The van der Waals surface area contributed by atoms with Crippen molar-refractivity contribution in [1.29, 1.82) is 0 Å². The number of benzene rings is 1. The number of rotatable bonds is 4. The molecule has 0 saturated carbocycles. The zero-order valence-corrected chi connectivity index (χ0v) is 14.6. The van der Waals surface area contributed by atoms with Crippen molar-refractivity contribution in [3.63, 3.8) is 0 Å². The lowest BCUT2D eigenvalue weighted by atomic mass is 10.0. The van der Waals surface area contributed by atoms with Gasteiger partial charge in [-0.25, -0.2) is 4.68 Å². The summed E-state index contributed by atoms with van der Waals surface area (Å²) in [5, 5.41) is 11.6. The van der Waals surface area contributed by atoms with Gasteiger partial charge >= 0.3 is 0 Å². The minimum atomic E-state index is -0.129. The van der Waals surface area contributed by atoms with E-state index in [1.54, 1.807) is 18.1 Å². The molecule has 1 aliphatic rings. The van der Waals surface area contributed by atoms with Crippen molar-refractivity contribution in [2.45, 2.75) is 38.6 Å². The second kappa shape index (κ2) is 7.13. The number of anilines is 1. The third-order valence-electron chi connectivity index (χ3n) is 4.64. The summed E-state index contributed by atoms with van der Waals surface area (Å²) in [6.45, 7) is 6.25. The van der Waals surface area contributed by atoms with Gasteiger partial charge in [0, 0.05) is 12.7 Å². The lowest BCUT2D eigenvalue weighted by Gasteiger charge is -2.22. The van der Waals surface area contributed by atoms with Crippen molar-refractivity contribution >= 4 is 11.6 Å². The van der Waals surface area contributed by atoms with Gasteiger partial charge in [0.25, 0.3) is 5.91 Å². The summed E-state index contributed by atoms with van der Waals surface area (Å²) in [6, 6.07) is 8.40. The van der Waals surface area contributed by atoms with Gasteiger partial charge in [-0.05, 0) is 49.5 Å². The molecule has 1 aromatic carbocycles. The van der Waals surface area contributed by atoms with E-state index in [0.717, 1.165) is 31.6 Å². The number of piperidine rings is 1. The van der Waals surface area contributed by atoms with Crippen LogP contribution in [0.1, 0.15) is 54.7 Å². The summed E-state index contributed by atoms with van der Waals surface area (Å²) in [4.78, 5) is 14.4. The molecule has 2 heterocycles. The largest absolute Gasteiger partial charge is 0.317 e. The highest BCUT2D eigenvalue weighted by Crippen LogP contribution is 2.22. The van der Waals surface area contributed by atoms with Crippen LogP contribution in [-0.4, -0.2) is 41.0 Å². The predicted molar refractivity (Wildman–Crippen MR) is 94.4 cm³/mol. The van der Waals surface area contributed by atoms with Gasteiger partial charge in [-0.15, -0.1) is 5.10 Å². The smallest absolute Gasteiger partial charge is 0.280 e. The summed E-state index contributed by atoms with van der Waals surface area (Å²) in [6.07, 6.45) is 3.81. The molecular formula is C18H25N5O. The van der Waals surface area contributed by atoms with Crippen LogP contribution in [0.2, 0.25) is 0 Å². The van der Waals surface area contributed by atoms with Gasteiger partial charge < -0.3 is 10.2 Å². The molecule has 1 saturated heterocycles. The van der Waals surface area contributed by atoms with Gasteiger partial charge in [-0.2, -0.15) is 0 Å². The van der Waals surface area contributed by atoms with Gasteiger partial charge in [0.1, 0.15) is 0 Å². The molecule has 1 amide bonds. The fraction of sp³-hybridized carbons (Fsp3) is 0.500. The molecule has 3 rings (SSSR count). The zero-order chi connectivity index (χ0) is 17.1. The highest BCUT2D eigenvalue weighted by Gasteiger charge is 2.21. The maximum atomic E-state index is 12.7. The molecule has 24 heavy (non-hydrogen) atoms. The average Bonchev–Trinajstić information content (AvgIpc) is 3.11. The van der Waals surface area contributed by atoms with Crippen LogP contribution in [0.25, 0.3) is 0 Å². The molecule has 0 aliphatic carbocycles. The van der Waals surface area contributed by atoms with Crippen LogP contribution in [0, 0.1) is 0 Å². The number of hydrogen-bond donors (Lipinski definition) is 1. The van der Waals surface area contributed by atoms with E-state index in [0.29, 0.717) is 17.7 Å². The predicted octanol–water partition coefficient (Wildman–Crippen LogP) is 2.60. The van der Waals surface area contributed by atoms with E-state index < -0.39 is 0 Å². The number of carbonyl (C=O) groups is 1. The minimum Gasteiger partial charge on any atom is -0.317 e. The van der Waals surface area contributed by atoms with E-state index in [1.165, 1.54) is 5.56 Å². The van der Waals surface area contributed by atoms with Crippen molar-refractivity contribution in [2.24, 2.45) is 0 Å². The first-order chi connectivity index (χ1) is 11.6. The summed E-state index contributed by atoms with van der Waals surface area (Å²) >= 11 is 0. The van der Waals surface area contributed by atoms with Crippen LogP contribution < -0.4 is 10.2 Å². The Morgan fingerprint density at radius 3 is 2.79 bits per heavy atom. The summed E-state index contributed by atoms with van der Waals surface area (Å²) < 4.78 is 1.84. The Morgan fingerprint density at radius 2 is 2.08 bits per heavy atom. The Kier molecular flexibility index (Phi) is 4.94. The number of amides is 1. The summed E-state index contributed by atoms with van der Waals surface area (Å²) in [5.74, 6) is 0.297. The molecule has 0 unspecified atom stereocenters. The quantitative estimate of drug-likeness (QED) is 0.937. The van der Waals surface area contributed by atoms with E-state index in [1.807, 2.05) is 16.8 Å². The maximum absolute atomic E-state index is 12.7. The number of nitrogens with zero attached hydrogens (tertiary/aromatic N) is 4. The van der Waals surface area contributed by atoms with Crippen LogP contribution in [0.4, 0.5) is 5.69 Å². The molecule has 0 atom stereocenters. The fourth-order valence-corrected chi connectivity index (χ4v) is 3.01. The third-order valence-corrected chi connectivity index (χ3v) is 4.64. The molecule has 1 aliphatic heterocycles. The summed E-state index contributed by atoms with van der Waals surface area (Å²) in [5.41, 5.74) is 2.49. The van der Waals surface area contributed by atoms with E-state index in [2.05, 4.69) is 41.6 Å². The number of nitrogens with one attached hydrogen (secondary N) is 1. The first-order valence-electron chi connectivity index (χ1n) is 8.57. The molecule has 1 fully saturated rings. The lowest BCUT2D eigenvalue weighted by Crippen LogP contribution is -2.29. The van der Waals surface area contributed by atoms with E-state index >= 15 is 0 Å². The molecular weight excluding hydrogens is 302 g/mol. The second-order valence-corrected chi connectivity index (χ2v) is 6.68. The van der Waals surface area contributed by atoms with Crippen molar-refractivity contribution in [3.8, 4) is 0 Å². The van der Waals surface area contributed by atoms with Gasteiger partial charge in [-0.3, -0.25) is 4.79 Å². The van der Waals surface area contributed by atoms with Gasteiger partial charge in [0.2, 0.25) is 0 Å². The Balaban J connectivity index is 1.76. The Bertz CT molecular complexity index is 703. The fourth-order valence-electron chi connectivity index (χ4n) is 3.01. The molecule has 0 spiro atoms. The normalized spacial score (nSPS) is 15.7. The summed E-state index contributed by atoms with van der Waals surface area (Å²) in [7, 11) is 1.78. The average molecular weight is 327 g/mol. The minimum absolute atomic E-state index is 0.129. The molecule has 128 valence electrons. The zero-order valence-electron chi connectivity index (χ0n) is 14.6. The molecule has 2 aromatic rings. The Hall–Kier alpha value is -2.21. The molecule has 6 nitrogen and oxygen atoms in total.